The van der Waals surface area contributed by atoms with Crippen LogP contribution in [-0.2, 0) is 20.4 Å². The minimum atomic E-state index is 0. The van der Waals surface area contributed by atoms with Gasteiger partial charge in [-0.05, 0) is 90.2 Å². The SMILES string of the molecule is Cc1cc(C)c(-c2ccc3c(c2)c2ccc(Oc4[c-]c5c(cc4)c4cccnc4n4c6ccccc6nc54)[c-]c2c2nc4ccccc4n32)c(C)c1.[Pd+2]. The molecule has 5 heterocycles. The first-order valence-corrected chi connectivity index (χ1v) is 17.5. The van der Waals surface area contributed by atoms with E-state index in [4.69, 9.17) is 19.7 Å². The van der Waals surface area contributed by atoms with E-state index in [2.05, 4.69) is 115 Å². The largest absolute Gasteiger partial charge is 2.00 e. The molecule has 53 heavy (non-hydrogen) atoms. The Morgan fingerprint density at radius 1 is 0.528 bits per heavy atom. The Bertz CT molecular complexity index is 3300. The normalized spacial score (nSPS) is 11.9. The van der Waals surface area contributed by atoms with Crippen LogP contribution >= 0.6 is 0 Å². The standard InChI is InChI=1S/C46H29N5O.Pd/c1-26-21-27(2)43(28(3)22-26)29-14-19-40-35(23-29)33-18-16-31(25-37(33)45-48-38-10-4-6-12-41(38)50(40)45)52-30-15-17-32-34-9-8-20-47-44(34)51-42-13-7-5-11-39(42)49-46(51)36(32)24-30;/h4-23H,1-3H3;/q-2;+2. The zero-order chi connectivity index (χ0) is 34.7. The molecule has 0 bridgehead atoms. The van der Waals surface area contributed by atoms with Crippen molar-refractivity contribution in [2.45, 2.75) is 20.8 Å². The number of hydrogen-bond acceptors (Lipinski definition) is 4. The quantitative estimate of drug-likeness (QED) is 0.102. The maximum absolute atomic E-state index is 6.60. The molecule has 0 radical (unpaired) electrons. The fraction of sp³-hybridized carbons (Fsp3) is 0.0652. The summed E-state index contributed by atoms with van der Waals surface area (Å²) in [6.45, 7) is 6.55. The molecule has 6 nitrogen and oxygen atoms in total. The minimum Gasteiger partial charge on any atom is -0.497 e. The van der Waals surface area contributed by atoms with Crippen LogP contribution in [-0.4, -0.2) is 23.8 Å². The van der Waals surface area contributed by atoms with E-state index in [1.54, 1.807) is 0 Å². The van der Waals surface area contributed by atoms with E-state index >= 15 is 0 Å². The summed E-state index contributed by atoms with van der Waals surface area (Å²) < 4.78 is 11.0. The summed E-state index contributed by atoms with van der Waals surface area (Å²) in [6, 6.07) is 47.2. The summed E-state index contributed by atoms with van der Waals surface area (Å²) in [6.07, 6.45) is 1.83. The first-order valence-electron chi connectivity index (χ1n) is 17.5. The second kappa shape index (κ2) is 11.7. The molecule has 254 valence electrons. The Morgan fingerprint density at radius 3 is 1.81 bits per heavy atom. The van der Waals surface area contributed by atoms with Gasteiger partial charge in [0.25, 0.3) is 0 Å². The van der Waals surface area contributed by atoms with Crippen LogP contribution in [0.4, 0.5) is 0 Å². The Morgan fingerprint density at radius 2 is 1.13 bits per heavy atom. The molecule has 0 saturated carbocycles. The van der Waals surface area contributed by atoms with Gasteiger partial charge in [-0.3, -0.25) is 9.97 Å². The Labute approximate surface area is 318 Å². The zero-order valence-corrected chi connectivity index (χ0v) is 30.6. The van der Waals surface area contributed by atoms with Crippen molar-refractivity contribution in [1.29, 1.82) is 0 Å². The first kappa shape index (κ1) is 31.6. The van der Waals surface area contributed by atoms with Crippen LogP contribution in [0.25, 0.3) is 88.0 Å². The third kappa shape index (κ3) is 4.64. The van der Waals surface area contributed by atoms with Gasteiger partial charge in [0.05, 0.1) is 33.4 Å². The molecule has 0 spiro atoms. The van der Waals surface area contributed by atoms with E-state index in [0.29, 0.717) is 11.5 Å². The number of ether oxygens (including phenoxy) is 1. The molecule has 5 aromatic heterocycles. The average molecular weight is 774 g/mol. The van der Waals surface area contributed by atoms with Gasteiger partial charge in [0, 0.05) is 23.2 Å². The molecule has 7 heteroatoms. The molecule has 0 amide bonds. The van der Waals surface area contributed by atoms with Gasteiger partial charge in [-0.2, -0.15) is 0 Å². The third-order valence-electron chi connectivity index (χ3n) is 10.4. The predicted octanol–water partition coefficient (Wildman–Crippen LogP) is 11.3. The van der Waals surface area contributed by atoms with E-state index in [0.717, 1.165) is 76.8 Å². The van der Waals surface area contributed by atoms with Crippen molar-refractivity contribution in [2.75, 3.05) is 0 Å². The van der Waals surface area contributed by atoms with E-state index < -0.39 is 0 Å². The molecule has 0 aliphatic rings. The summed E-state index contributed by atoms with van der Waals surface area (Å²) >= 11 is 0. The van der Waals surface area contributed by atoms with Crippen molar-refractivity contribution in [3.8, 4) is 22.6 Å². The van der Waals surface area contributed by atoms with Crippen LogP contribution in [0.2, 0.25) is 0 Å². The van der Waals surface area contributed by atoms with Gasteiger partial charge >= 0.3 is 20.4 Å². The second-order valence-electron chi connectivity index (χ2n) is 13.7. The van der Waals surface area contributed by atoms with Crippen LogP contribution in [0.1, 0.15) is 16.7 Å². The van der Waals surface area contributed by atoms with E-state index in [9.17, 15) is 0 Å². The summed E-state index contributed by atoms with van der Waals surface area (Å²) in [5.74, 6) is 1.17. The summed E-state index contributed by atoms with van der Waals surface area (Å²) in [5.41, 5.74) is 13.8. The van der Waals surface area contributed by atoms with Gasteiger partial charge in [0.1, 0.15) is 5.65 Å². The first-order chi connectivity index (χ1) is 25.5. The Kier molecular flexibility index (Phi) is 6.97. The topological polar surface area (TPSA) is 56.7 Å². The van der Waals surface area contributed by atoms with E-state index in [-0.39, 0.29) is 20.4 Å². The Hall–Kier alpha value is -6.13. The van der Waals surface area contributed by atoms with Gasteiger partial charge < -0.3 is 13.5 Å². The van der Waals surface area contributed by atoms with Crippen molar-refractivity contribution in [3.63, 3.8) is 0 Å². The van der Waals surface area contributed by atoms with E-state index in [1.807, 2.05) is 48.7 Å². The summed E-state index contributed by atoms with van der Waals surface area (Å²) in [4.78, 5) is 14.9. The number of nitrogens with zero attached hydrogens (tertiary/aromatic N) is 5. The Balaban J connectivity index is 0.00000349. The average Bonchev–Trinajstić information content (AvgIpc) is 3.75. The molecule has 0 unspecified atom stereocenters. The molecular formula is C46H29N5OPd. The van der Waals surface area contributed by atoms with Gasteiger partial charge in [-0.15, -0.1) is 12.1 Å². The molecule has 0 atom stereocenters. The molecular weight excluding hydrogens is 745 g/mol. The van der Waals surface area contributed by atoms with Gasteiger partial charge in [0.15, 0.2) is 0 Å². The van der Waals surface area contributed by atoms with Crippen molar-refractivity contribution in [2.24, 2.45) is 0 Å². The fourth-order valence-electron chi connectivity index (χ4n) is 8.36. The number of rotatable bonds is 3. The molecule has 11 aromatic rings. The van der Waals surface area contributed by atoms with E-state index in [1.165, 1.54) is 27.8 Å². The second-order valence-corrected chi connectivity index (χ2v) is 13.7. The number of benzene rings is 6. The number of hydrogen-bond donors (Lipinski definition) is 0. The van der Waals surface area contributed by atoms with Crippen molar-refractivity contribution in [1.82, 2.24) is 23.8 Å². The maximum atomic E-state index is 6.60. The number of fused-ring (bicyclic) bond motifs is 16. The third-order valence-corrected chi connectivity index (χ3v) is 10.4. The molecule has 6 aromatic carbocycles. The number of imidazole rings is 2. The van der Waals surface area contributed by atoms with Crippen LogP contribution in [0.5, 0.6) is 11.5 Å². The van der Waals surface area contributed by atoms with Gasteiger partial charge in [0.2, 0.25) is 0 Å². The number of pyridine rings is 3. The number of aromatic nitrogens is 5. The molecule has 0 aliphatic carbocycles. The van der Waals surface area contributed by atoms with Gasteiger partial charge in [-0.1, -0.05) is 106 Å². The van der Waals surface area contributed by atoms with Crippen molar-refractivity contribution in [3.05, 3.63) is 150 Å². The minimum absolute atomic E-state index is 0. The van der Waals surface area contributed by atoms with Crippen LogP contribution in [0, 0.1) is 32.9 Å². The van der Waals surface area contributed by atoms with Crippen molar-refractivity contribution >= 4 is 76.8 Å². The molecule has 0 saturated heterocycles. The molecule has 0 aliphatic heterocycles. The molecule has 11 rings (SSSR count). The molecule has 0 N–H and O–H groups in total. The fourth-order valence-corrected chi connectivity index (χ4v) is 8.36. The molecule has 0 fully saturated rings. The maximum Gasteiger partial charge on any atom is 2.00 e. The van der Waals surface area contributed by atoms with Crippen molar-refractivity contribution < 1.29 is 25.2 Å². The monoisotopic (exact) mass is 773 g/mol. The van der Waals surface area contributed by atoms with Gasteiger partial charge in [-0.25, -0.2) is 4.98 Å². The predicted molar refractivity (Wildman–Crippen MR) is 211 cm³/mol. The number of aryl methyl sites for hydroxylation is 3. The number of para-hydroxylation sites is 4. The summed E-state index contributed by atoms with van der Waals surface area (Å²) in [7, 11) is 0. The summed E-state index contributed by atoms with van der Waals surface area (Å²) in [5, 5.41) is 6.03. The van der Waals surface area contributed by atoms with Crippen LogP contribution in [0.3, 0.4) is 0 Å². The van der Waals surface area contributed by atoms with Crippen LogP contribution in [0.15, 0.2) is 121 Å². The smallest absolute Gasteiger partial charge is 0.497 e. The van der Waals surface area contributed by atoms with Crippen LogP contribution < -0.4 is 4.74 Å². The zero-order valence-electron chi connectivity index (χ0n) is 29.0.